The third kappa shape index (κ3) is 3.07. The van der Waals surface area contributed by atoms with Crippen LogP contribution in [0.5, 0.6) is 0 Å². The van der Waals surface area contributed by atoms with Gasteiger partial charge in [-0.2, -0.15) is 0 Å². The molecule has 0 aromatic heterocycles. The molecule has 0 aliphatic heterocycles. The van der Waals surface area contributed by atoms with Crippen LogP contribution in [0.3, 0.4) is 0 Å². The molecule has 0 heterocycles. The molecule has 1 aliphatic rings. The standard InChI is InChI=1S/C10H15.Zr/c1-10(2,3)8-9-6-4-5-7-9;/h4,6H,5,8H2,1-3H3;. The van der Waals surface area contributed by atoms with E-state index in [1.54, 1.807) is 33.6 Å². The fraction of sp³-hybridized carbons (Fsp3) is 0.600. The summed E-state index contributed by atoms with van der Waals surface area (Å²) < 4.78 is 1.65. The quantitative estimate of drug-likeness (QED) is 0.644. The van der Waals surface area contributed by atoms with E-state index in [1.807, 2.05) is 0 Å². The number of hydrogen-bond donors (Lipinski definition) is 0. The second kappa shape index (κ2) is 3.39. The van der Waals surface area contributed by atoms with Crippen LogP contribution < -0.4 is 0 Å². The fourth-order valence-electron chi connectivity index (χ4n) is 1.29. The van der Waals surface area contributed by atoms with Crippen molar-refractivity contribution in [2.24, 2.45) is 5.41 Å². The Balaban J connectivity index is 2.63. The van der Waals surface area contributed by atoms with Gasteiger partial charge in [0.05, 0.1) is 0 Å². The Bertz CT molecular complexity index is 203. The molecule has 0 fully saturated rings. The first-order chi connectivity index (χ1) is 4.99. The van der Waals surface area contributed by atoms with E-state index in [9.17, 15) is 0 Å². The average Bonchev–Trinajstić information content (AvgIpc) is 2.12. The Morgan fingerprint density at radius 3 is 2.45 bits per heavy atom. The Hall–Kier alpha value is 0.363. The maximum absolute atomic E-state index is 2.30. The van der Waals surface area contributed by atoms with Gasteiger partial charge in [0.1, 0.15) is 0 Å². The summed E-state index contributed by atoms with van der Waals surface area (Å²) in [5, 5.41) is 0. The maximum atomic E-state index is 2.30. The minimum absolute atomic E-state index is 0.450. The summed E-state index contributed by atoms with van der Waals surface area (Å²) in [6.07, 6.45) is 7.04. The molecule has 0 atom stereocenters. The van der Waals surface area contributed by atoms with E-state index >= 15 is 0 Å². The Kier molecular flexibility index (Phi) is 2.92. The topological polar surface area (TPSA) is 0 Å². The molecule has 1 heteroatoms. The van der Waals surface area contributed by atoms with Crippen molar-refractivity contribution in [2.75, 3.05) is 0 Å². The van der Waals surface area contributed by atoms with Crippen molar-refractivity contribution in [3.63, 3.8) is 0 Å². The predicted octanol–water partition coefficient (Wildman–Crippen LogP) is 3.18. The molecule has 0 unspecified atom stereocenters. The van der Waals surface area contributed by atoms with Crippen molar-refractivity contribution in [3.05, 3.63) is 21.0 Å². The van der Waals surface area contributed by atoms with Crippen LogP contribution >= 0.6 is 0 Å². The van der Waals surface area contributed by atoms with Gasteiger partial charge in [-0.05, 0) is 0 Å². The first-order valence-electron chi connectivity index (χ1n) is 4.09. The zero-order chi connectivity index (χ0) is 8.48. The molecule has 0 radical (unpaired) electrons. The second-order valence-electron chi connectivity index (χ2n) is 4.35. The van der Waals surface area contributed by atoms with E-state index in [2.05, 4.69) is 32.9 Å². The van der Waals surface area contributed by atoms with Crippen LogP contribution in [0.1, 0.15) is 33.6 Å². The van der Waals surface area contributed by atoms with Crippen molar-refractivity contribution < 1.29 is 24.7 Å². The molecular weight excluding hydrogens is 211 g/mol. The van der Waals surface area contributed by atoms with E-state index in [-0.39, 0.29) is 0 Å². The van der Waals surface area contributed by atoms with Crippen molar-refractivity contribution in [3.8, 4) is 0 Å². The molecule has 0 amide bonds. The van der Waals surface area contributed by atoms with Crippen LogP contribution in [-0.4, -0.2) is 0 Å². The molecule has 0 bridgehead atoms. The van der Waals surface area contributed by atoms with Gasteiger partial charge in [-0.25, -0.2) is 0 Å². The van der Waals surface area contributed by atoms with Gasteiger partial charge in [0.15, 0.2) is 0 Å². The van der Waals surface area contributed by atoms with Gasteiger partial charge in [0.25, 0.3) is 0 Å². The van der Waals surface area contributed by atoms with Crippen LogP contribution in [0.2, 0.25) is 0 Å². The zero-order valence-corrected chi connectivity index (χ0v) is 10.0. The number of hydrogen-bond acceptors (Lipinski definition) is 0. The number of allylic oxidation sites excluding steroid dienone is 4. The molecule has 59 valence electrons. The molecule has 0 aromatic carbocycles. The van der Waals surface area contributed by atoms with Gasteiger partial charge in [-0.15, -0.1) is 0 Å². The molecule has 1 aliphatic carbocycles. The molecule has 0 saturated heterocycles. The molecule has 0 N–H and O–H groups in total. The van der Waals surface area contributed by atoms with Crippen molar-refractivity contribution in [1.29, 1.82) is 0 Å². The summed E-state index contributed by atoms with van der Waals surface area (Å²) in [7, 11) is 0. The Morgan fingerprint density at radius 2 is 2.09 bits per heavy atom. The van der Waals surface area contributed by atoms with Crippen LogP contribution in [0.4, 0.5) is 0 Å². The summed E-state index contributed by atoms with van der Waals surface area (Å²) in [4.78, 5) is 0. The summed E-state index contributed by atoms with van der Waals surface area (Å²) in [6.45, 7) is 6.90. The van der Waals surface area contributed by atoms with Crippen molar-refractivity contribution in [2.45, 2.75) is 33.6 Å². The van der Waals surface area contributed by atoms with Crippen LogP contribution in [0, 0.1) is 5.41 Å². The van der Waals surface area contributed by atoms with E-state index in [0.29, 0.717) is 5.41 Å². The van der Waals surface area contributed by atoms with Crippen molar-refractivity contribution in [1.82, 2.24) is 0 Å². The Labute approximate surface area is 84.6 Å². The van der Waals surface area contributed by atoms with Gasteiger partial charge in [0.2, 0.25) is 0 Å². The van der Waals surface area contributed by atoms with E-state index < -0.39 is 0 Å². The molecule has 0 saturated carbocycles. The van der Waals surface area contributed by atoms with Crippen molar-refractivity contribution >= 4 is 0 Å². The molecule has 1 rings (SSSR count). The first kappa shape index (κ1) is 9.45. The van der Waals surface area contributed by atoms with E-state index in [0.717, 1.165) is 0 Å². The van der Waals surface area contributed by atoms with Gasteiger partial charge in [0, 0.05) is 0 Å². The van der Waals surface area contributed by atoms with Gasteiger partial charge in [-0.1, -0.05) is 0 Å². The molecular formula is C10H15Zr. The van der Waals surface area contributed by atoms with Gasteiger partial charge in [-0.3, -0.25) is 0 Å². The fourth-order valence-corrected chi connectivity index (χ4v) is 2.00. The van der Waals surface area contributed by atoms with E-state index in [4.69, 9.17) is 0 Å². The SMILES string of the molecule is CC(C)(C)CC1=[C]([Zr])CC=C1. The number of rotatable bonds is 1. The monoisotopic (exact) mass is 225 g/mol. The third-order valence-electron chi connectivity index (χ3n) is 1.75. The molecule has 0 spiro atoms. The average molecular weight is 226 g/mol. The molecule has 11 heavy (non-hydrogen) atoms. The summed E-state index contributed by atoms with van der Waals surface area (Å²) in [6, 6.07) is 0. The van der Waals surface area contributed by atoms with Crippen LogP contribution in [0.25, 0.3) is 0 Å². The van der Waals surface area contributed by atoms with Gasteiger partial charge < -0.3 is 0 Å². The first-order valence-corrected chi connectivity index (χ1v) is 5.32. The molecule has 0 nitrogen and oxygen atoms in total. The zero-order valence-electron chi connectivity index (χ0n) is 7.57. The third-order valence-corrected chi connectivity index (χ3v) is 3.04. The summed E-state index contributed by atoms with van der Waals surface area (Å²) in [5.41, 5.74) is 2.04. The Morgan fingerprint density at radius 1 is 1.45 bits per heavy atom. The van der Waals surface area contributed by atoms with Crippen LogP contribution in [0.15, 0.2) is 21.0 Å². The van der Waals surface area contributed by atoms with Gasteiger partial charge >= 0.3 is 84.8 Å². The summed E-state index contributed by atoms with van der Waals surface area (Å²) >= 11 is 1.60. The normalized spacial score (nSPS) is 18.0. The van der Waals surface area contributed by atoms with Crippen LogP contribution in [-0.2, 0) is 24.7 Å². The second-order valence-corrected chi connectivity index (χ2v) is 5.83. The predicted molar refractivity (Wildman–Crippen MR) is 44.9 cm³/mol. The minimum atomic E-state index is 0.450. The summed E-state index contributed by atoms with van der Waals surface area (Å²) in [5.74, 6) is 0. The molecule has 0 aromatic rings. The van der Waals surface area contributed by atoms with E-state index in [1.165, 1.54) is 12.8 Å².